The molecule has 8 nitrogen and oxygen atoms in total. The third-order valence-electron chi connectivity index (χ3n) is 3.28. The Balaban J connectivity index is 3.42. The third kappa shape index (κ3) is 11.4. The molecule has 128 valence electrons. The Labute approximate surface area is 125 Å². The lowest BCUT2D eigenvalue weighted by molar-refractivity contribution is 0.190. The molecule has 0 saturated heterocycles. The van der Waals surface area contributed by atoms with E-state index in [-0.39, 0.29) is 6.42 Å². The normalized spacial score (nSPS) is 15.9. The van der Waals surface area contributed by atoms with Gasteiger partial charge in [0.25, 0.3) is 0 Å². The van der Waals surface area contributed by atoms with E-state index < -0.39 is 26.8 Å². The monoisotopic (exact) mass is 347 g/mol. The molecule has 0 aliphatic heterocycles. The third-order valence-corrected chi connectivity index (χ3v) is 5.44. The first-order valence-corrected chi connectivity index (χ1v) is 10.5. The number of hydrogen-bond acceptors (Lipinski definition) is 4. The van der Waals surface area contributed by atoms with Crippen LogP contribution >= 0.6 is 15.2 Å². The molecule has 0 amide bonds. The van der Waals surface area contributed by atoms with Crippen molar-refractivity contribution in [2.24, 2.45) is 5.73 Å². The van der Waals surface area contributed by atoms with Crippen molar-refractivity contribution in [1.82, 2.24) is 0 Å². The topological polar surface area (TPSA) is 161 Å². The number of rotatable bonds is 12. The molecule has 0 saturated carbocycles. The first kappa shape index (κ1) is 21.2. The molecule has 0 aromatic rings. The van der Waals surface area contributed by atoms with Crippen LogP contribution in [0, 0.1) is 0 Å². The van der Waals surface area contributed by atoms with Crippen LogP contribution in [-0.4, -0.2) is 36.3 Å². The van der Waals surface area contributed by atoms with Crippen LogP contribution in [0.25, 0.3) is 0 Å². The standard InChI is InChI=1S/C11H27NO7P2/c12-10(20(14,15)16)8-6-4-2-1-3-5-7-9-11(13)21(17,18)19/h10-11,13H,1-9,12H2,(H2,14,15,16)(H2,17,18,19). The molecule has 0 fully saturated rings. The van der Waals surface area contributed by atoms with Gasteiger partial charge in [0.05, 0.1) is 0 Å². The minimum absolute atomic E-state index is 0.0986. The fourth-order valence-corrected chi connectivity index (χ4v) is 2.94. The molecule has 0 rings (SSSR count). The van der Waals surface area contributed by atoms with Crippen molar-refractivity contribution in [2.45, 2.75) is 69.4 Å². The smallest absolute Gasteiger partial charge is 0.353 e. The van der Waals surface area contributed by atoms with Gasteiger partial charge in [0, 0.05) is 0 Å². The summed E-state index contributed by atoms with van der Waals surface area (Å²) >= 11 is 0. The number of hydrogen-bond donors (Lipinski definition) is 6. The highest BCUT2D eigenvalue weighted by molar-refractivity contribution is 7.52. The van der Waals surface area contributed by atoms with E-state index in [2.05, 4.69) is 0 Å². The second-order valence-electron chi connectivity index (χ2n) is 5.28. The van der Waals surface area contributed by atoms with Crippen molar-refractivity contribution in [3.8, 4) is 0 Å². The van der Waals surface area contributed by atoms with Gasteiger partial charge in [-0.2, -0.15) is 0 Å². The van der Waals surface area contributed by atoms with E-state index in [0.717, 1.165) is 32.1 Å². The summed E-state index contributed by atoms with van der Waals surface area (Å²) in [6.07, 6.45) is 6.04. The van der Waals surface area contributed by atoms with Gasteiger partial charge in [-0.25, -0.2) is 0 Å². The first-order valence-electron chi connectivity index (χ1n) is 7.09. The summed E-state index contributed by atoms with van der Waals surface area (Å²) in [6.45, 7) is 0. The molecule has 0 aliphatic carbocycles. The molecule has 0 aliphatic rings. The molecule has 0 radical (unpaired) electrons. The molecule has 0 aromatic carbocycles. The fraction of sp³-hybridized carbons (Fsp3) is 1.00. The van der Waals surface area contributed by atoms with Crippen LogP contribution in [-0.2, 0) is 9.13 Å². The van der Waals surface area contributed by atoms with Crippen LogP contribution < -0.4 is 5.73 Å². The van der Waals surface area contributed by atoms with Crippen molar-refractivity contribution in [2.75, 3.05) is 0 Å². The molecule has 2 atom stereocenters. The van der Waals surface area contributed by atoms with E-state index in [4.69, 9.17) is 30.4 Å². The fourth-order valence-electron chi connectivity index (χ4n) is 1.90. The van der Waals surface area contributed by atoms with Crippen LogP contribution in [0.2, 0.25) is 0 Å². The van der Waals surface area contributed by atoms with Crippen molar-refractivity contribution < 1.29 is 33.8 Å². The molecule has 10 heteroatoms. The quantitative estimate of drug-likeness (QED) is 0.228. The zero-order valence-electron chi connectivity index (χ0n) is 12.0. The molecule has 0 heterocycles. The van der Waals surface area contributed by atoms with Gasteiger partial charge in [0.15, 0.2) is 5.85 Å². The highest BCUT2D eigenvalue weighted by atomic mass is 31.2. The molecule has 0 bridgehead atoms. The Hall–Kier alpha value is 0.220. The number of aliphatic hydroxyl groups excluding tert-OH is 1. The second-order valence-corrected chi connectivity index (χ2v) is 8.89. The van der Waals surface area contributed by atoms with Gasteiger partial charge in [-0.05, 0) is 12.8 Å². The maximum absolute atomic E-state index is 10.8. The summed E-state index contributed by atoms with van der Waals surface area (Å²) in [7, 11) is -8.53. The zero-order valence-corrected chi connectivity index (χ0v) is 13.8. The predicted octanol–water partition coefficient (Wildman–Crippen LogP) is 1.46. The average Bonchev–Trinajstić information content (AvgIpc) is 2.33. The highest BCUT2D eigenvalue weighted by Crippen LogP contribution is 2.42. The molecule has 0 spiro atoms. The van der Waals surface area contributed by atoms with Gasteiger partial charge in [0.1, 0.15) is 5.78 Å². The zero-order chi connectivity index (χ0) is 16.5. The second kappa shape index (κ2) is 10.1. The lowest BCUT2D eigenvalue weighted by Crippen LogP contribution is -2.19. The van der Waals surface area contributed by atoms with Crippen LogP contribution in [0.1, 0.15) is 57.8 Å². The number of nitrogens with two attached hydrogens (primary N) is 1. The number of aliphatic hydroxyl groups is 1. The van der Waals surface area contributed by atoms with Gasteiger partial charge < -0.3 is 30.4 Å². The first-order chi connectivity index (χ1) is 9.55. The van der Waals surface area contributed by atoms with E-state index in [0.29, 0.717) is 19.3 Å². The van der Waals surface area contributed by atoms with Gasteiger partial charge >= 0.3 is 15.2 Å². The van der Waals surface area contributed by atoms with Crippen LogP contribution in [0.3, 0.4) is 0 Å². The lowest BCUT2D eigenvalue weighted by atomic mass is 10.1. The van der Waals surface area contributed by atoms with E-state index in [9.17, 15) is 9.13 Å². The highest BCUT2D eigenvalue weighted by Gasteiger charge is 2.25. The van der Waals surface area contributed by atoms with Gasteiger partial charge in [-0.15, -0.1) is 0 Å². The van der Waals surface area contributed by atoms with Gasteiger partial charge in [-0.1, -0.05) is 44.9 Å². The molecule has 21 heavy (non-hydrogen) atoms. The van der Waals surface area contributed by atoms with E-state index in [1.54, 1.807) is 0 Å². The summed E-state index contributed by atoms with van der Waals surface area (Å²) < 4.78 is 21.5. The molecule has 7 N–H and O–H groups in total. The Kier molecular flexibility index (Phi) is 10.2. The van der Waals surface area contributed by atoms with Crippen molar-refractivity contribution in [3.63, 3.8) is 0 Å². The van der Waals surface area contributed by atoms with Gasteiger partial charge in [0.2, 0.25) is 0 Å². The molecular formula is C11H27NO7P2. The SMILES string of the molecule is NC(CCCCCCCCCC(O)P(=O)(O)O)P(=O)(O)O. The summed E-state index contributed by atoms with van der Waals surface area (Å²) in [5.41, 5.74) is 5.34. The predicted molar refractivity (Wildman–Crippen MR) is 79.6 cm³/mol. The lowest BCUT2D eigenvalue weighted by Gasteiger charge is -2.13. The Morgan fingerprint density at radius 1 is 0.714 bits per heavy atom. The van der Waals surface area contributed by atoms with Crippen LogP contribution in [0.4, 0.5) is 0 Å². The Bertz CT molecular complexity index is 334. The van der Waals surface area contributed by atoms with Crippen LogP contribution in [0.15, 0.2) is 0 Å². The maximum Gasteiger partial charge on any atom is 0.353 e. The minimum Gasteiger partial charge on any atom is -0.380 e. The van der Waals surface area contributed by atoms with Crippen molar-refractivity contribution in [3.05, 3.63) is 0 Å². The van der Waals surface area contributed by atoms with E-state index in [1.807, 2.05) is 0 Å². The van der Waals surface area contributed by atoms with E-state index in [1.165, 1.54) is 0 Å². The Morgan fingerprint density at radius 3 is 1.48 bits per heavy atom. The Morgan fingerprint density at radius 2 is 1.10 bits per heavy atom. The molecule has 0 aromatic heterocycles. The van der Waals surface area contributed by atoms with E-state index >= 15 is 0 Å². The van der Waals surface area contributed by atoms with Crippen molar-refractivity contribution >= 4 is 15.2 Å². The summed E-state index contributed by atoms with van der Waals surface area (Å²) in [4.78, 5) is 35.0. The number of unbranched alkanes of at least 4 members (excludes halogenated alkanes) is 6. The minimum atomic E-state index is -4.37. The molecular weight excluding hydrogens is 320 g/mol. The largest absolute Gasteiger partial charge is 0.380 e. The molecule has 2 unspecified atom stereocenters. The van der Waals surface area contributed by atoms with Crippen molar-refractivity contribution in [1.29, 1.82) is 0 Å². The summed E-state index contributed by atoms with van der Waals surface area (Å²) in [6, 6.07) is 0. The maximum atomic E-state index is 10.8. The van der Waals surface area contributed by atoms with Gasteiger partial charge in [-0.3, -0.25) is 9.13 Å². The summed E-state index contributed by atoms with van der Waals surface area (Å²) in [5.74, 6) is -2.64. The average molecular weight is 347 g/mol. The van der Waals surface area contributed by atoms with Crippen LogP contribution in [0.5, 0.6) is 0 Å². The summed E-state index contributed by atoms with van der Waals surface area (Å²) in [5, 5.41) is 9.14.